The minimum Gasteiger partial charge on any atom is -0.372 e. The first-order chi connectivity index (χ1) is 12.5. The predicted molar refractivity (Wildman–Crippen MR) is 106 cm³/mol. The molecular weight excluding hydrogens is 400 g/mol. The number of halogens is 1. The second-order valence-corrected chi connectivity index (χ2v) is 6.30. The zero-order valence-electron chi connectivity index (χ0n) is 14.5. The summed E-state index contributed by atoms with van der Waals surface area (Å²) in [5, 5.41) is 15.0. The highest BCUT2D eigenvalue weighted by Gasteiger charge is 2.13. The number of hydrogen-bond acceptors (Lipinski definition) is 5. The number of carbonyl (C=O) groups is 1. The quantitative estimate of drug-likeness (QED) is 0.418. The van der Waals surface area contributed by atoms with Crippen molar-refractivity contribution in [3.05, 3.63) is 68.2 Å². The van der Waals surface area contributed by atoms with Crippen molar-refractivity contribution in [1.82, 2.24) is 5.43 Å². The summed E-state index contributed by atoms with van der Waals surface area (Å²) in [6.45, 7) is 5.50. The molecule has 2 aromatic carbocycles. The van der Waals surface area contributed by atoms with Gasteiger partial charge in [-0.25, -0.2) is 5.43 Å². The van der Waals surface area contributed by atoms with Crippen LogP contribution in [0.15, 0.2) is 52.0 Å². The molecule has 0 unspecified atom stereocenters. The van der Waals surface area contributed by atoms with Gasteiger partial charge in [0.25, 0.3) is 11.6 Å². The third-order valence-corrected chi connectivity index (χ3v) is 4.28. The molecule has 0 spiro atoms. The molecule has 0 radical (unpaired) electrons. The van der Waals surface area contributed by atoms with Gasteiger partial charge in [0.05, 0.1) is 11.1 Å². The summed E-state index contributed by atoms with van der Waals surface area (Å²) in [7, 11) is 0. The van der Waals surface area contributed by atoms with Crippen molar-refractivity contribution in [2.24, 2.45) is 5.10 Å². The van der Waals surface area contributed by atoms with Crippen molar-refractivity contribution in [2.75, 3.05) is 18.0 Å². The molecule has 8 heteroatoms. The van der Waals surface area contributed by atoms with Gasteiger partial charge in [-0.3, -0.25) is 14.9 Å². The Bertz CT molecular complexity index is 835. The molecular formula is C18H19BrN4O3. The Hall–Kier alpha value is -2.74. The first-order valence-corrected chi connectivity index (χ1v) is 8.88. The van der Waals surface area contributed by atoms with Gasteiger partial charge in [0.15, 0.2) is 0 Å². The highest BCUT2D eigenvalue weighted by Crippen LogP contribution is 2.24. The second-order valence-electron chi connectivity index (χ2n) is 5.38. The highest BCUT2D eigenvalue weighted by molar-refractivity contribution is 9.10. The smallest absolute Gasteiger partial charge is 0.271 e. The fraction of sp³-hybridized carbons (Fsp3) is 0.222. The Balaban J connectivity index is 2.25. The number of nitrogens with one attached hydrogen (secondary N) is 1. The number of hydrazone groups is 1. The van der Waals surface area contributed by atoms with E-state index >= 15 is 0 Å². The van der Waals surface area contributed by atoms with Crippen LogP contribution >= 0.6 is 15.9 Å². The van der Waals surface area contributed by atoms with Crippen LogP contribution in [-0.2, 0) is 0 Å². The van der Waals surface area contributed by atoms with Crippen LogP contribution in [-0.4, -0.2) is 30.1 Å². The minimum absolute atomic E-state index is 0.0272. The van der Waals surface area contributed by atoms with Gasteiger partial charge in [-0.1, -0.05) is 22.0 Å². The summed E-state index contributed by atoms with van der Waals surface area (Å²) in [4.78, 5) is 24.8. The fourth-order valence-electron chi connectivity index (χ4n) is 2.47. The summed E-state index contributed by atoms with van der Waals surface area (Å²) in [6, 6.07) is 11.5. The first-order valence-electron chi connectivity index (χ1n) is 8.08. The largest absolute Gasteiger partial charge is 0.372 e. The number of nitro benzene ring substituents is 1. The van der Waals surface area contributed by atoms with Crippen molar-refractivity contribution in [1.29, 1.82) is 0 Å². The highest BCUT2D eigenvalue weighted by atomic mass is 79.9. The average Bonchev–Trinajstić information content (AvgIpc) is 2.63. The summed E-state index contributed by atoms with van der Waals surface area (Å²) in [5.74, 6) is -0.364. The van der Waals surface area contributed by atoms with Crippen LogP contribution in [0.2, 0.25) is 0 Å². The third-order valence-electron chi connectivity index (χ3n) is 3.78. The average molecular weight is 419 g/mol. The Kier molecular flexibility index (Phi) is 6.85. The van der Waals surface area contributed by atoms with Crippen molar-refractivity contribution in [3.8, 4) is 0 Å². The van der Waals surface area contributed by atoms with E-state index in [1.807, 2.05) is 19.9 Å². The van der Waals surface area contributed by atoms with Crippen LogP contribution in [0.3, 0.4) is 0 Å². The number of carbonyl (C=O) groups excluding carboxylic acids is 1. The van der Waals surface area contributed by atoms with Gasteiger partial charge in [-0.15, -0.1) is 0 Å². The molecule has 1 N–H and O–H groups in total. The van der Waals surface area contributed by atoms with E-state index in [2.05, 4.69) is 31.4 Å². The van der Waals surface area contributed by atoms with Crippen LogP contribution in [0.25, 0.3) is 0 Å². The molecule has 0 atom stereocenters. The zero-order chi connectivity index (χ0) is 19.1. The van der Waals surface area contributed by atoms with Gasteiger partial charge in [-0.05, 0) is 38.1 Å². The molecule has 0 fully saturated rings. The molecule has 2 rings (SSSR count). The SMILES string of the molecule is CCN(CC)c1ccc([N+](=O)[O-])cc1/C=N/NC(=O)c1cccc(Br)c1. The number of non-ortho nitro benzene ring substituents is 1. The van der Waals surface area contributed by atoms with E-state index in [-0.39, 0.29) is 11.6 Å². The molecule has 0 aliphatic rings. The van der Waals surface area contributed by atoms with Gasteiger partial charge < -0.3 is 4.90 Å². The lowest BCUT2D eigenvalue weighted by Gasteiger charge is -2.22. The van der Waals surface area contributed by atoms with Crippen LogP contribution in [0.1, 0.15) is 29.8 Å². The van der Waals surface area contributed by atoms with Crippen molar-refractivity contribution < 1.29 is 9.72 Å². The summed E-state index contributed by atoms with van der Waals surface area (Å²) >= 11 is 3.31. The lowest BCUT2D eigenvalue weighted by atomic mass is 10.1. The fourth-order valence-corrected chi connectivity index (χ4v) is 2.87. The first kappa shape index (κ1) is 19.6. The Morgan fingerprint density at radius 3 is 2.62 bits per heavy atom. The van der Waals surface area contributed by atoms with E-state index in [1.165, 1.54) is 18.3 Å². The van der Waals surface area contributed by atoms with E-state index in [0.717, 1.165) is 23.2 Å². The van der Waals surface area contributed by atoms with Gasteiger partial charge in [0.1, 0.15) is 0 Å². The predicted octanol–water partition coefficient (Wildman–Crippen LogP) is 3.97. The maximum Gasteiger partial charge on any atom is 0.271 e. The number of hydrogen-bond donors (Lipinski definition) is 1. The Labute approximate surface area is 160 Å². The van der Waals surface area contributed by atoms with E-state index in [0.29, 0.717) is 11.1 Å². The molecule has 1 amide bonds. The second kappa shape index (κ2) is 9.10. The Morgan fingerprint density at radius 1 is 1.27 bits per heavy atom. The molecule has 0 aliphatic carbocycles. The standard InChI is InChI=1S/C18H19BrN4O3/c1-3-22(4-2)17-9-8-16(23(25)26)11-14(17)12-20-21-18(24)13-6-5-7-15(19)10-13/h5-12H,3-4H2,1-2H3,(H,21,24)/b20-12+. The van der Waals surface area contributed by atoms with Gasteiger partial charge in [0, 0.05) is 46.5 Å². The van der Waals surface area contributed by atoms with E-state index < -0.39 is 4.92 Å². The summed E-state index contributed by atoms with van der Waals surface area (Å²) < 4.78 is 0.789. The van der Waals surface area contributed by atoms with E-state index in [9.17, 15) is 14.9 Å². The van der Waals surface area contributed by atoms with Crippen LogP contribution in [0.4, 0.5) is 11.4 Å². The number of nitro groups is 1. The monoisotopic (exact) mass is 418 g/mol. The molecule has 0 saturated heterocycles. The number of nitrogens with zero attached hydrogens (tertiary/aromatic N) is 3. The topological polar surface area (TPSA) is 87.8 Å². The van der Waals surface area contributed by atoms with Gasteiger partial charge in [0.2, 0.25) is 0 Å². The summed E-state index contributed by atoms with van der Waals surface area (Å²) in [6.07, 6.45) is 1.43. The molecule has 0 saturated carbocycles. The maximum absolute atomic E-state index is 12.1. The lowest BCUT2D eigenvalue weighted by Crippen LogP contribution is -2.23. The lowest BCUT2D eigenvalue weighted by molar-refractivity contribution is -0.384. The minimum atomic E-state index is -0.455. The molecule has 136 valence electrons. The molecule has 26 heavy (non-hydrogen) atoms. The van der Waals surface area contributed by atoms with E-state index in [1.54, 1.807) is 24.3 Å². The molecule has 2 aromatic rings. The molecule has 0 heterocycles. The van der Waals surface area contributed by atoms with Crippen molar-refractivity contribution >= 4 is 39.4 Å². The van der Waals surface area contributed by atoms with Crippen LogP contribution in [0.5, 0.6) is 0 Å². The van der Waals surface area contributed by atoms with Gasteiger partial charge >= 0.3 is 0 Å². The molecule has 0 aromatic heterocycles. The number of rotatable bonds is 7. The van der Waals surface area contributed by atoms with Crippen LogP contribution in [0, 0.1) is 10.1 Å². The normalized spacial score (nSPS) is 10.7. The van der Waals surface area contributed by atoms with Crippen molar-refractivity contribution in [3.63, 3.8) is 0 Å². The number of anilines is 1. The summed E-state index contributed by atoms with van der Waals surface area (Å²) in [5.41, 5.74) is 4.27. The number of amides is 1. The van der Waals surface area contributed by atoms with Gasteiger partial charge in [-0.2, -0.15) is 5.10 Å². The zero-order valence-corrected chi connectivity index (χ0v) is 16.1. The molecule has 0 aliphatic heterocycles. The molecule has 0 bridgehead atoms. The third kappa shape index (κ3) is 4.89. The van der Waals surface area contributed by atoms with Crippen molar-refractivity contribution in [2.45, 2.75) is 13.8 Å². The Morgan fingerprint density at radius 2 is 2.00 bits per heavy atom. The number of benzene rings is 2. The maximum atomic E-state index is 12.1. The molecule has 7 nitrogen and oxygen atoms in total. The van der Waals surface area contributed by atoms with E-state index in [4.69, 9.17) is 0 Å². The van der Waals surface area contributed by atoms with Crippen LogP contribution < -0.4 is 10.3 Å².